The zero-order chi connectivity index (χ0) is 14.2. The van der Waals surface area contributed by atoms with Gasteiger partial charge in [0, 0.05) is 12.6 Å². The largest absolute Gasteiger partial charge is 0.480 e. The Balaban J connectivity index is 2.06. The molecule has 2 rings (SSSR count). The van der Waals surface area contributed by atoms with Gasteiger partial charge in [-0.25, -0.2) is 4.79 Å². The van der Waals surface area contributed by atoms with Crippen LogP contribution in [-0.4, -0.2) is 64.3 Å². The molecule has 6 nitrogen and oxygen atoms in total. The van der Waals surface area contributed by atoms with Crippen molar-refractivity contribution in [2.45, 2.75) is 51.4 Å². The van der Waals surface area contributed by atoms with Crippen LogP contribution in [0.25, 0.3) is 0 Å². The van der Waals surface area contributed by atoms with Crippen LogP contribution in [0.4, 0.5) is 4.79 Å². The Morgan fingerprint density at radius 2 is 2.05 bits per heavy atom. The normalized spacial score (nSPS) is 26.1. The SMILES string of the molecule is CC1CN(C(=O)N(CC(=O)O)C2CC2)CC(C)(C)O1. The Morgan fingerprint density at radius 3 is 2.53 bits per heavy atom. The number of urea groups is 1. The molecule has 1 aliphatic heterocycles. The highest BCUT2D eigenvalue weighted by Gasteiger charge is 2.40. The van der Waals surface area contributed by atoms with Gasteiger partial charge < -0.3 is 19.6 Å². The van der Waals surface area contributed by atoms with Gasteiger partial charge in [0.2, 0.25) is 0 Å². The highest BCUT2D eigenvalue weighted by molar-refractivity contribution is 5.81. The number of nitrogens with zero attached hydrogens (tertiary/aromatic N) is 2. The van der Waals surface area contributed by atoms with Crippen LogP contribution in [0.2, 0.25) is 0 Å². The van der Waals surface area contributed by atoms with Crippen molar-refractivity contribution in [3.8, 4) is 0 Å². The quantitative estimate of drug-likeness (QED) is 0.835. The number of carbonyl (C=O) groups excluding carboxylic acids is 1. The number of amides is 2. The first-order chi connectivity index (χ1) is 8.78. The number of aliphatic carboxylic acids is 1. The molecule has 108 valence electrons. The van der Waals surface area contributed by atoms with Crippen molar-refractivity contribution in [1.82, 2.24) is 9.80 Å². The summed E-state index contributed by atoms with van der Waals surface area (Å²) in [6.07, 6.45) is 1.78. The third kappa shape index (κ3) is 3.59. The molecule has 1 heterocycles. The summed E-state index contributed by atoms with van der Waals surface area (Å²) in [7, 11) is 0. The third-order valence-corrected chi connectivity index (χ3v) is 3.38. The van der Waals surface area contributed by atoms with E-state index in [2.05, 4.69) is 0 Å². The van der Waals surface area contributed by atoms with Crippen LogP contribution < -0.4 is 0 Å². The van der Waals surface area contributed by atoms with E-state index in [1.165, 1.54) is 4.90 Å². The molecule has 0 radical (unpaired) electrons. The minimum atomic E-state index is -0.958. The van der Waals surface area contributed by atoms with Gasteiger partial charge in [0.1, 0.15) is 6.54 Å². The third-order valence-electron chi connectivity index (χ3n) is 3.38. The van der Waals surface area contributed by atoms with Crippen molar-refractivity contribution in [2.24, 2.45) is 0 Å². The van der Waals surface area contributed by atoms with E-state index in [1.807, 2.05) is 20.8 Å². The summed E-state index contributed by atoms with van der Waals surface area (Å²) in [6.45, 7) is 6.63. The van der Waals surface area contributed by atoms with Crippen molar-refractivity contribution in [2.75, 3.05) is 19.6 Å². The van der Waals surface area contributed by atoms with E-state index in [0.717, 1.165) is 12.8 Å². The smallest absolute Gasteiger partial charge is 0.323 e. The predicted octanol–water partition coefficient (Wildman–Crippen LogP) is 1.15. The van der Waals surface area contributed by atoms with Gasteiger partial charge in [-0.15, -0.1) is 0 Å². The van der Waals surface area contributed by atoms with Crippen LogP contribution in [0.3, 0.4) is 0 Å². The molecule has 2 amide bonds. The fourth-order valence-corrected chi connectivity index (χ4v) is 2.67. The van der Waals surface area contributed by atoms with Crippen molar-refractivity contribution in [3.05, 3.63) is 0 Å². The van der Waals surface area contributed by atoms with Crippen molar-refractivity contribution in [3.63, 3.8) is 0 Å². The summed E-state index contributed by atoms with van der Waals surface area (Å²) in [5.74, 6) is -0.958. The van der Waals surface area contributed by atoms with Gasteiger partial charge in [-0.1, -0.05) is 0 Å². The van der Waals surface area contributed by atoms with Gasteiger partial charge in [-0.05, 0) is 33.6 Å². The molecule has 1 atom stereocenters. The lowest BCUT2D eigenvalue weighted by atomic mass is 10.1. The second-order valence-corrected chi connectivity index (χ2v) is 6.10. The van der Waals surface area contributed by atoms with Gasteiger partial charge in [0.05, 0.1) is 18.2 Å². The Kier molecular flexibility index (Phi) is 3.71. The maximum absolute atomic E-state index is 12.5. The van der Waals surface area contributed by atoms with E-state index >= 15 is 0 Å². The molecule has 0 bridgehead atoms. The van der Waals surface area contributed by atoms with E-state index in [0.29, 0.717) is 13.1 Å². The molecule has 1 N–H and O–H groups in total. The van der Waals surface area contributed by atoms with E-state index < -0.39 is 5.97 Å². The molecule has 19 heavy (non-hydrogen) atoms. The molecular weight excluding hydrogens is 248 g/mol. The Bertz CT molecular complexity index is 379. The molecule has 0 aromatic heterocycles. The summed E-state index contributed by atoms with van der Waals surface area (Å²) in [5, 5.41) is 8.93. The maximum atomic E-state index is 12.5. The second-order valence-electron chi connectivity index (χ2n) is 6.10. The molecule has 0 aromatic carbocycles. The molecule has 6 heteroatoms. The summed E-state index contributed by atoms with van der Waals surface area (Å²) in [4.78, 5) is 26.6. The molecule has 1 unspecified atom stereocenters. The number of morpholine rings is 1. The minimum Gasteiger partial charge on any atom is -0.480 e. The van der Waals surface area contributed by atoms with Gasteiger partial charge in [0.15, 0.2) is 0 Å². The molecule has 0 aromatic rings. The van der Waals surface area contributed by atoms with Gasteiger partial charge in [-0.3, -0.25) is 4.79 Å². The van der Waals surface area contributed by atoms with Crippen LogP contribution in [0.5, 0.6) is 0 Å². The fraction of sp³-hybridized carbons (Fsp3) is 0.846. The molecular formula is C13H22N2O4. The first kappa shape index (κ1) is 14.1. The molecule has 1 saturated heterocycles. The number of hydrogen-bond donors (Lipinski definition) is 1. The van der Waals surface area contributed by atoms with Crippen molar-refractivity contribution >= 4 is 12.0 Å². The molecule has 0 spiro atoms. The average molecular weight is 270 g/mol. The second kappa shape index (κ2) is 5.00. The molecule has 1 saturated carbocycles. The van der Waals surface area contributed by atoms with Gasteiger partial charge >= 0.3 is 12.0 Å². The van der Waals surface area contributed by atoms with E-state index in [4.69, 9.17) is 9.84 Å². The monoisotopic (exact) mass is 270 g/mol. The number of ether oxygens (including phenoxy) is 1. The summed E-state index contributed by atoms with van der Waals surface area (Å²) < 4.78 is 5.76. The Morgan fingerprint density at radius 1 is 1.42 bits per heavy atom. The fourth-order valence-electron chi connectivity index (χ4n) is 2.67. The van der Waals surface area contributed by atoms with Crippen LogP contribution >= 0.6 is 0 Å². The highest BCUT2D eigenvalue weighted by atomic mass is 16.5. The lowest BCUT2D eigenvalue weighted by Crippen LogP contribution is -2.57. The van der Waals surface area contributed by atoms with Gasteiger partial charge in [-0.2, -0.15) is 0 Å². The molecule has 1 aliphatic carbocycles. The van der Waals surface area contributed by atoms with E-state index in [1.54, 1.807) is 4.90 Å². The summed E-state index contributed by atoms with van der Waals surface area (Å²) in [5.41, 5.74) is -0.383. The molecule has 2 aliphatic rings. The first-order valence-electron chi connectivity index (χ1n) is 6.73. The van der Waals surface area contributed by atoms with Crippen molar-refractivity contribution < 1.29 is 19.4 Å². The lowest BCUT2D eigenvalue weighted by molar-refractivity contribution is -0.138. The van der Waals surface area contributed by atoms with E-state index in [9.17, 15) is 9.59 Å². The lowest BCUT2D eigenvalue weighted by Gasteiger charge is -2.43. The number of carboxylic acids is 1. The zero-order valence-corrected chi connectivity index (χ0v) is 11.8. The van der Waals surface area contributed by atoms with Crippen LogP contribution in [-0.2, 0) is 9.53 Å². The minimum absolute atomic E-state index is 0.0291. The number of rotatable bonds is 3. The van der Waals surface area contributed by atoms with Crippen LogP contribution in [0.1, 0.15) is 33.6 Å². The topological polar surface area (TPSA) is 70.1 Å². The summed E-state index contributed by atoms with van der Waals surface area (Å²) >= 11 is 0. The van der Waals surface area contributed by atoms with Crippen molar-refractivity contribution in [1.29, 1.82) is 0 Å². The number of carbonyl (C=O) groups is 2. The summed E-state index contributed by atoms with van der Waals surface area (Å²) in [6, 6.07) is -0.0713. The van der Waals surface area contributed by atoms with E-state index in [-0.39, 0.29) is 30.3 Å². The van der Waals surface area contributed by atoms with Crippen LogP contribution in [0, 0.1) is 0 Å². The predicted molar refractivity (Wildman–Crippen MR) is 69.0 cm³/mol. The Hall–Kier alpha value is -1.30. The number of carboxylic acid groups (broad SMARTS) is 1. The number of hydrogen-bond acceptors (Lipinski definition) is 3. The van der Waals surface area contributed by atoms with Gasteiger partial charge in [0.25, 0.3) is 0 Å². The first-order valence-corrected chi connectivity index (χ1v) is 6.73. The Labute approximate surface area is 113 Å². The zero-order valence-electron chi connectivity index (χ0n) is 11.8. The average Bonchev–Trinajstić information content (AvgIpc) is 3.05. The molecule has 2 fully saturated rings. The standard InChI is InChI=1S/C13H22N2O4/c1-9-6-14(8-13(2,3)19-9)12(18)15(7-11(16)17)10-4-5-10/h9-10H,4-8H2,1-3H3,(H,16,17). The maximum Gasteiger partial charge on any atom is 0.323 e. The highest BCUT2D eigenvalue weighted by Crippen LogP contribution is 2.29. The van der Waals surface area contributed by atoms with Crippen LogP contribution in [0.15, 0.2) is 0 Å².